The van der Waals surface area contributed by atoms with Crippen molar-refractivity contribution in [3.05, 3.63) is 11.6 Å². The number of carbonyl (C=O) groups excluding carboxylic acids is 5. The lowest BCUT2D eigenvalue weighted by Gasteiger charge is -2.58. The van der Waals surface area contributed by atoms with E-state index in [1.807, 2.05) is 0 Å². The molecule has 1 saturated carbocycles. The van der Waals surface area contributed by atoms with Crippen molar-refractivity contribution in [3.63, 3.8) is 0 Å². The number of aliphatic hydroxyl groups excluding tert-OH is 1. The van der Waals surface area contributed by atoms with Crippen LogP contribution in [0.3, 0.4) is 0 Å². The molecule has 0 bridgehead atoms. The van der Waals surface area contributed by atoms with Crippen molar-refractivity contribution < 1.29 is 57.9 Å². The fourth-order valence-corrected chi connectivity index (χ4v) is 6.77. The van der Waals surface area contributed by atoms with Crippen molar-refractivity contribution in [3.8, 4) is 0 Å². The fourth-order valence-electron chi connectivity index (χ4n) is 6.77. The average Bonchev–Trinajstić information content (AvgIpc) is 3.03. The second kappa shape index (κ2) is 11.5. The molecule has 2 fully saturated rings. The second-order valence-corrected chi connectivity index (χ2v) is 11.5. The van der Waals surface area contributed by atoms with Gasteiger partial charge in [-0.05, 0) is 31.4 Å². The van der Waals surface area contributed by atoms with Crippen LogP contribution in [0.1, 0.15) is 68.2 Å². The molecule has 0 radical (unpaired) electrons. The first-order valence-corrected chi connectivity index (χ1v) is 13.4. The number of hydrogen-bond donors (Lipinski definition) is 2. The molecule has 2 N–H and O–H groups in total. The smallest absolute Gasteiger partial charge is 0.312 e. The van der Waals surface area contributed by atoms with E-state index in [4.69, 9.17) is 23.7 Å². The van der Waals surface area contributed by atoms with Crippen LogP contribution in [0.4, 0.5) is 0 Å². The number of hydrogen-bond acceptors (Lipinski definition) is 12. The Morgan fingerprint density at radius 3 is 1.90 bits per heavy atom. The van der Waals surface area contributed by atoms with E-state index in [0.717, 1.165) is 6.92 Å². The molecule has 12 heteroatoms. The minimum atomic E-state index is -2.17. The van der Waals surface area contributed by atoms with Crippen LogP contribution in [0.15, 0.2) is 11.6 Å². The molecule has 2 aliphatic carbocycles. The summed E-state index contributed by atoms with van der Waals surface area (Å²) in [7, 11) is 0. The Morgan fingerprint density at radius 2 is 1.40 bits per heavy atom. The molecule has 11 atom stereocenters. The van der Waals surface area contributed by atoms with Crippen LogP contribution in [0.25, 0.3) is 0 Å². The molecule has 3 rings (SSSR count). The SMILES string of the molecule is CC(=O)O[C@H]1C[C@H](O)[C@H](C)[C@@H]2[C@@H](OC(C)=O)[C@@]3(O)[C@H](/C=C(/C)[C@H](OC(C)=O)C[C@@H](OC(C)=O)[C@]21C)OC(=O)[C@@H]3C. The highest BCUT2D eigenvalue weighted by Gasteiger charge is 2.69. The standard InChI is InChI=1S/C28H40O12/c1-12-9-23-28(35,14(3)26(34)40-23)25(39-18(7)32)24-13(2)19(33)10-21(37-16(5)30)27(24,8)22(38-17(6)31)11-20(12)36-15(4)29/h9,13-14,19-25,33,35H,10-11H2,1-8H3/b12-9-/t13-,14-,19-,20+,21-,22+,23-,24+,25+,27+,28-/m0/s1. The summed E-state index contributed by atoms with van der Waals surface area (Å²) in [6.45, 7) is 11.1. The normalized spacial score (nSPS) is 42.6. The van der Waals surface area contributed by atoms with E-state index in [9.17, 15) is 34.2 Å². The number of ether oxygens (including phenoxy) is 5. The third-order valence-electron chi connectivity index (χ3n) is 8.83. The summed E-state index contributed by atoms with van der Waals surface area (Å²) in [4.78, 5) is 62.3. The topological polar surface area (TPSA) is 172 Å². The van der Waals surface area contributed by atoms with E-state index in [1.54, 1.807) is 20.8 Å². The molecule has 0 amide bonds. The van der Waals surface area contributed by atoms with Crippen LogP contribution in [0.5, 0.6) is 0 Å². The van der Waals surface area contributed by atoms with Crippen LogP contribution in [0.2, 0.25) is 0 Å². The van der Waals surface area contributed by atoms with Crippen molar-refractivity contribution in [2.45, 2.75) is 110 Å². The lowest BCUT2D eigenvalue weighted by molar-refractivity contribution is -0.252. The fraction of sp³-hybridized carbons (Fsp3) is 0.750. The van der Waals surface area contributed by atoms with Gasteiger partial charge in [-0.25, -0.2) is 0 Å². The lowest BCUT2D eigenvalue weighted by atomic mass is 9.52. The van der Waals surface area contributed by atoms with E-state index < -0.39 is 95.2 Å². The zero-order valence-electron chi connectivity index (χ0n) is 24.2. The Morgan fingerprint density at radius 1 is 0.900 bits per heavy atom. The molecule has 40 heavy (non-hydrogen) atoms. The average molecular weight is 569 g/mol. The molecule has 224 valence electrons. The molecule has 1 aliphatic heterocycles. The van der Waals surface area contributed by atoms with Crippen LogP contribution in [-0.4, -0.2) is 82.3 Å². The zero-order chi connectivity index (χ0) is 30.3. The molecular weight excluding hydrogens is 528 g/mol. The summed E-state index contributed by atoms with van der Waals surface area (Å²) in [5.74, 6) is -6.51. The van der Waals surface area contributed by atoms with Gasteiger partial charge in [0.2, 0.25) is 0 Å². The number of esters is 5. The Bertz CT molecular complexity index is 1080. The van der Waals surface area contributed by atoms with Gasteiger partial charge in [0.1, 0.15) is 24.4 Å². The molecule has 3 aliphatic rings. The predicted molar refractivity (Wildman–Crippen MR) is 136 cm³/mol. The highest BCUT2D eigenvalue weighted by atomic mass is 16.6. The monoisotopic (exact) mass is 568 g/mol. The first kappa shape index (κ1) is 31.5. The van der Waals surface area contributed by atoms with E-state index in [0.29, 0.717) is 5.57 Å². The molecular formula is C28H40O12. The molecule has 0 unspecified atom stereocenters. The molecule has 0 spiro atoms. The third kappa shape index (κ3) is 5.60. The van der Waals surface area contributed by atoms with Gasteiger partial charge >= 0.3 is 29.8 Å². The molecule has 0 aromatic rings. The summed E-state index contributed by atoms with van der Waals surface area (Å²) < 4.78 is 28.6. The van der Waals surface area contributed by atoms with Crippen LogP contribution < -0.4 is 0 Å². The molecule has 1 saturated heterocycles. The summed E-state index contributed by atoms with van der Waals surface area (Å²) in [6.07, 6.45) is -5.86. The van der Waals surface area contributed by atoms with Crippen LogP contribution in [0, 0.1) is 23.2 Å². The van der Waals surface area contributed by atoms with Gasteiger partial charge in [-0.1, -0.05) is 13.8 Å². The summed E-state index contributed by atoms with van der Waals surface area (Å²) in [6, 6.07) is 0. The van der Waals surface area contributed by atoms with E-state index in [1.165, 1.54) is 33.8 Å². The summed E-state index contributed by atoms with van der Waals surface area (Å²) >= 11 is 0. The quantitative estimate of drug-likeness (QED) is 0.284. The Balaban J connectivity index is 2.44. The van der Waals surface area contributed by atoms with Gasteiger partial charge < -0.3 is 33.9 Å². The number of aliphatic hydroxyl groups is 2. The van der Waals surface area contributed by atoms with Crippen LogP contribution >= 0.6 is 0 Å². The molecule has 12 nitrogen and oxygen atoms in total. The predicted octanol–water partition coefficient (Wildman–Crippen LogP) is 1.38. The van der Waals surface area contributed by atoms with Crippen molar-refractivity contribution in [2.24, 2.45) is 23.2 Å². The van der Waals surface area contributed by atoms with E-state index >= 15 is 0 Å². The molecule has 0 aromatic carbocycles. The first-order chi connectivity index (χ1) is 18.4. The highest BCUT2D eigenvalue weighted by molar-refractivity contribution is 5.78. The number of fused-ring (bicyclic) bond motifs is 2. The van der Waals surface area contributed by atoms with Gasteiger partial charge in [-0.15, -0.1) is 0 Å². The Hall–Kier alpha value is -2.99. The lowest BCUT2D eigenvalue weighted by Crippen LogP contribution is -2.69. The van der Waals surface area contributed by atoms with Gasteiger partial charge in [0, 0.05) is 51.9 Å². The van der Waals surface area contributed by atoms with Crippen molar-refractivity contribution in [1.82, 2.24) is 0 Å². The van der Waals surface area contributed by atoms with Gasteiger partial charge in [0.25, 0.3) is 0 Å². The van der Waals surface area contributed by atoms with Crippen molar-refractivity contribution in [1.29, 1.82) is 0 Å². The minimum Gasteiger partial charge on any atom is -0.462 e. The first-order valence-electron chi connectivity index (χ1n) is 13.4. The maximum Gasteiger partial charge on any atom is 0.312 e. The maximum atomic E-state index is 12.9. The Labute approximate surface area is 233 Å². The minimum absolute atomic E-state index is 0.0573. The largest absolute Gasteiger partial charge is 0.462 e. The van der Waals surface area contributed by atoms with Crippen molar-refractivity contribution >= 4 is 29.8 Å². The van der Waals surface area contributed by atoms with Gasteiger partial charge in [-0.3, -0.25) is 24.0 Å². The summed E-state index contributed by atoms with van der Waals surface area (Å²) in [5, 5.41) is 23.6. The second-order valence-electron chi connectivity index (χ2n) is 11.5. The van der Waals surface area contributed by atoms with E-state index in [-0.39, 0.29) is 12.8 Å². The van der Waals surface area contributed by atoms with Crippen molar-refractivity contribution in [2.75, 3.05) is 0 Å². The summed E-state index contributed by atoms with van der Waals surface area (Å²) in [5.41, 5.74) is -3.21. The Kier molecular flexibility index (Phi) is 9.05. The van der Waals surface area contributed by atoms with Crippen LogP contribution in [-0.2, 0) is 47.7 Å². The van der Waals surface area contributed by atoms with Gasteiger partial charge in [-0.2, -0.15) is 0 Å². The molecule has 1 heterocycles. The van der Waals surface area contributed by atoms with Gasteiger partial charge in [0.05, 0.1) is 12.0 Å². The van der Waals surface area contributed by atoms with E-state index in [2.05, 4.69) is 0 Å². The highest BCUT2D eigenvalue weighted by Crippen LogP contribution is 2.56. The number of rotatable bonds is 4. The maximum absolute atomic E-state index is 12.9. The third-order valence-corrected chi connectivity index (χ3v) is 8.83. The zero-order valence-corrected chi connectivity index (χ0v) is 24.2. The molecule has 0 aromatic heterocycles. The van der Waals surface area contributed by atoms with Gasteiger partial charge in [0.15, 0.2) is 11.7 Å². The number of carbonyl (C=O) groups is 5.